The van der Waals surface area contributed by atoms with E-state index in [0.717, 1.165) is 6.54 Å². The summed E-state index contributed by atoms with van der Waals surface area (Å²) in [5.41, 5.74) is 0. The summed E-state index contributed by atoms with van der Waals surface area (Å²) >= 11 is 9.57. The summed E-state index contributed by atoms with van der Waals surface area (Å²) < 4.78 is 0. The lowest BCUT2D eigenvalue weighted by atomic mass is 10.3. The predicted octanol–water partition coefficient (Wildman–Crippen LogP) is 6.77. The topological polar surface area (TPSA) is 48.8 Å². The van der Waals surface area contributed by atoms with Crippen LogP contribution in [0.5, 0.6) is 0 Å². The average molecular weight is 563 g/mol. The Hall–Kier alpha value is 0.360. The van der Waals surface area contributed by atoms with Gasteiger partial charge in [-0.1, -0.05) is 19.9 Å². The second-order valence-electron chi connectivity index (χ2n) is 8.35. The highest BCUT2D eigenvalue weighted by Gasteiger charge is 2.21. The van der Waals surface area contributed by atoms with Crippen molar-refractivity contribution in [2.45, 2.75) is 65.3 Å². The molecule has 0 spiro atoms. The van der Waals surface area contributed by atoms with Gasteiger partial charge in [-0.3, -0.25) is 9.98 Å². The largest absolute Gasteiger partial charge is 0.315 e. The minimum absolute atomic E-state index is 0.361. The molecule has 0 saturated carbocycles. The Balaban J connectivity index is 0.000000213. The van der Waals surface area contributed by atoms with Gasteiger partial charge in [0.1, 0.15) is 0 Å². The summed E-state index contributed by atoms with van der Waals surface area (Å²) in [6.45, 7) is 17.6. The van der Waals surface area contributed by atoms with Crippen molar-refractivity contribution in [3.8, 4) is 0 Å². The molecule has 4 aliphatic rings. The zero-order valence-electron chi connectivity index (χ0n) is 22.0. The highest BCUT2D eigenvalue weighted by Crippen LogP contribution is 2.24. The molecule has 0 aliphatic carbocycles. The molecule has 1 unspecified atom stereocenters. The van der Waals surface area contributed by atoms with E-state index in [1.54, 1.807) is 0 Å². The standard InChI is InChI=1S/C6H11NS.C6H8S.C5H11NS.C4H7NS.C4H9NS/c1-3-6-4-8-5(2)7-6;1-2-6-4-3-5-7-6;1-5(2)6-3-4-7-5;1-4-5-2-3-6-4;1-3-6-4-2-5-1/h6H,3-4H2,1-2H3;3-5H,2H2,1H3;6H,3-4H2,1-2H3;2-3H2,1H3;5H,1-4H2. The van der Waals surface area contributed by atoms with Crippen LogP contribution >= 0.6 is 58.4 Å². The van der Waals surface area contributed by atoms with Gasteiger partial charge in [-0.2, -0.15) is 11.8 Å². The summed E-state index contributed by atoms with van der Waals surface area (Å²) in [6, 6.07) is 4.87. The average Bonchev–Trinajstić information content (AvgIpc) is 3.66. The number of aryl methyl sites for hydroxylation is 1. The number of thioether (sulfide) groups is 4. The molecule has 2 N–H and O–H groups in total. The molecule has 5 heterocycles. The number of hydrogen-bond acceptors (Lipinski definition) is 9. The number of rotatable bonds is 2. The Labute approximate surface area is 230 Å². The highest BCUT2D eigenvalue weighted by atomic mass is 32.2. The molecule has 4 aliphatic heterocycles. The van der Waals surface area contributed by atoms with E-state index in [4.69, 9.17) is 0 Å². The molecule has 4 nitrogen and oxygen atoms in total. The highest BCUT2D eigenvalue weighted by molar-refractivity contribution is 8.14. The fraction of sp³-hybridized carbons (Fsp3) is 0.760. The lowest BCUT2D eigenvalue weighted by Crippen LogP contribution is -2.29. The molecule has 2 saturated heterocycles. The SMILES string of the molecule is C1CSCCN1.CC1(C)NCCS1.CC1=NCCS1.CCC1CSC(C)=N1.CCc1cccs1. The Morgan fingerprint density at radius 3 is 1.97 bits per heavy atom. The summed E-state index contributed by atoms with van der Waals surface area (Å²) in [4.78, 5) is 10.3. The molecule has 2 fully saturated rings. The van der Waals surface area contributed by atoms with E-state index in [0.29, 0.717) is 10.9 Å². The van der Waals surface area contributed by atoms with Crippen LogP contribution in [0.1, 0.15) is 52.8 Å². The van der Waals surface area contributed by atoms with Gasteiger partial charge in [-0.25, -0.2) is 0 Å². The zero-order valence-corrected chi connectivity index (χ0v) is 26.1. The van der Waals surface area contributed by atoms with Gasteiger partial charge in [-0.05, 0) is 52.0 Å². The Kier molecular flexibility index (Phi) is 19.5. The third kappa shape index (κ3) is 17.7. The Morgan fingerprint density at radius 2 is 1.76 bits per heavy atom. The fourth-order valence-corrected chi connectivity index (χ4v) is 6.92. The minimum Gasteiger partial charge on any atom is -0.315 e. The van der Waals surface area contributed by atoms with Crippen molar-refractivity contribution in [2.75, 3.05) is 54.9 Å². The smallest absolute Gasteiger partial charge is 0.0649 e. The van der Waals surface area contributed by atoms with Crippen LogP contribution in [0.15, 0.2) is 27.5 Å². The number of thiophene rings is 1. The van der Waals surface area contributed by atoms with Gasteiger partial charge in [0.05, 0.1) is 21.0 Å². The van der Waals surface area contributed by atoms with Gasteiger partial charge in [0, 0.05) is 59.8 Å². The number of hydrogen-bond donors (Lipinski definition) is 2. The number of nitrogens with one attached hydrogen (secondary N) is 2. The van der Waals surface area contributed by atoms with Crippen LogP contribution in [0.2, 0.25) is 0 Å². The van der Waals surface area contributed by atoms with Crippen molar-refractivity contribution in [1.29, 1.82) is 0 Å². The van der Waals surface area contributed by atoms with Gasteiger partial charge in [0.15, 0.2) is 0 Å². The molecular weight excluding hydrogens is 517 g/mol. The molecule has 5 rings (SSSR count). The summed E-state index contributed by atoms with van der Waals surface area (Å²) in [5, 5.41) is 11.2. The van der Waals surface area contributed by atoms with Crippen LogP contribution in [0, 0.1) is 0 Å². The van der Waals surface area contributed by atoms with Gasteiger partial charge >= 0.3 is 0 Å². The zero-order chi connectivity index (χ0) is 25.1. The number of nitrogens with zero attached hydrogens (tertiary/aromatic N) is 2. The molecule has 0 amide bonds. The summed E-state index contributed by atoms with van der Waals surface area (Å²) in [6.07, 6.45) is 2.38. The quantitative estimate of drug-likeness (QED) is 0.415. The van der Waals surface area contributed by atoms with Crippen molar-refractivity contribution in [1.82, 2.24) is 10.6 Å². The van der Waals surface area contributed by atoms with Crippen LogP contribution in [0.25, 0.3) is 0 Å². The molecule has 0 radical (unpaired) electrons. The van der Waals surface area contributed by atoms with Crippen molar-refractivity contribution in [3.05, 3.63) is 22.4 Å². The van der Waals surface area contributed by atoms with E-state index in [-0.39, 0.29) is 0 Å². The Morgan fingerprint density at radius 1 is 1.00 bits per heavy atom. The first kappa shape index (κ1) is 32.4. The molecule has 1 aromatic rings. The second kappa shape index (κ2) is 20.4. The minimum atomic E-state index is 0.361. The number of aliphatic imine (C=N–C) groups is 2. The van der Waals surface area contributed by atoms with Crippen LogP contribution in [0.4, 0.5) is 0 Å². The maximum absolute atomic E-state index is 4.39. The van der Waals surface area contributed by atoms with Crippen molar-refractivity contribution in [3.63, 3.8) is 0 Å². The second-order valence-corrected chi connectivity index (χ2v) is 14.8. The van der Waals surface area contributed by atoms with Gasteiger partial charge in [0.2, 0.25) is 0 Å². The van der Waals surface area contributed by atoms with E-state index in [1.807, 2.05) is 58.4 Å². The lowest BCUT2D eigenvalue weighted by Gasteiger charge is -2.14. The molecule has 0 aromatic carbocycles. The molecule has 196 valence electrons. The first-order valence-electron chi connectivity index (χ1n) is 12.4. The van der Waals surface area contributed by atoms with Gasteiger partial charge in [0.25, 0.3) is 0 Å². The summed E-state index contributed by atoms with van der Waals surface area (Å²) in [7, 11) is 0. The van der Waals surface area contributed by atoms with E-state index in [9.17, 15) is 0 Å². The molecule has 1 aromatic heterocycles. The third-order valence-electron chi connectivity index (χ3n) is 4.95. The normalized spacial score (nSPS) is 22.4. The maximum Gasteiger partial charge on any atom is 0.0649 e. The molecule has 0 bridgehead atoms. The van der Waals surface area contributed by atoms with Crippen molar-refractivity contribution in [2.24, 2.45) is 9.98 Å². The fourth-order valence-electron chi connectivity index (χ4n) is 2.94. The molecular formula is C25H46N4S5. The van der Waals surface area contributed by atoms with E-state index in [1.165, 1.54) is 76.2 Å². The predicted molar refractivity (Wildman–Crippen MR) is 169 cm³/mol. The first-order valence-corrected chi connectivity index (χ1v) is 17.4. The maximum atomic E-state index is 4.39. The van der Waals surface area contributed by atoms with E-state index < -0.39 is 0 Å². The molecule has 9 heteroatoms. The van der Waals surface area contributed by atoms with Crippen LogP contribution in [-0.4, -0.2) is 75.9 Å². The van der Waals surface area contributed by atoms with Crippen LogP contribution in [-0.2, 0) is 6.42 Å². The summed E-state index contributed by atoms with van der Waals surface area (Å²) in [5.74, 6) is 6.29. The third-order valence-corrected chi connectivity index (χ3v) is 10.2. The molecule has 1 atom stereocenters. The van der Waals surface area contributed by atoms with E-state index in [2.05, 4.69) is 79.7 Å². The van der Waals surface area contributed by atoms with E-state index >= 15 is 0 Å². The Bertz CT molecular complexity index is 653. The monoisotopic (exact) mass is 562 g/mol. The first-order chi connectivity index (χ1) is 16.4. The van der Waals surface area contributed by atoms with Crippen molar-refractivity contribution >= 4 is 68.5 Å². The van der Waals surface area contributed by atoms with Crippen LogP contribution in [0.3, 0.4) is 0 Å². The molecule has 34 heavy (non-hydrogen) atoms. The van der Waals surface area contributed by atoms with Gasteiger partial charge < -0.3 is 10.6 Å². The lowest BCUT2D eigenvalue weighted by molar-refractivity contribution is 0.594. The van der Waals surface area contributed by atoms with Gasteiger partial charge in [-0.15, -0.1) is 46.6 Å². The van der Waals surface area contributed by atoms with Crippen LogP contribution < -0.4 is 10.6 Å². The van der Waals surface area contributed by atoms with Crippen molar-refractivity contribution < 1.29 is 0 Å².